The molecule has 0 spiro atoms. The van der Waals surface area contributed by atoms with Crippen molar-refractivity contribution in [2.75, 3.05) is 18.4 Å². The number of amides is 1. The van der Waals surface area contributed by atoms with Gasteiger partial charge in [0.15, 0.2) is 0 Å². The van der Waals surface area contributed by atoms with Crippen molar-refractivity contribution in [3.8, 4) is 0 Å². The Balaban J connectivity index is 0.00000400. The van der Waals surface area contributed by atoms with Gasteiger partial charge in [0.05, 0.1) is 5.75 Å². The van der Waals surface area contributed by atoms with E-state index in [2.05, 4.69) is 15.4 Å². The predicted molar refractivity (Wildman–Crippen MR) is 150 cm³/mol. The van der Waals surface area contributed by atoms with Gasteiger partial charge in [-0.1, -0.05) is 54.6 Å². The summed E-state index contributed by atoms with van der Waals surface area (Å²) >= 11 is 0. The van der Waals surface area contributed by atoms with Crippen LogP contribution < -0.4 is 15.4 Å². The summed E-state index contributed by atoms with van der Waals surface area (Å²) < 4.78 is 27.3. The van der Waals surface area contributed by atoms with Crippen LogP contribution in [-0.2, 0) is 27.0 Å². The minimum absolute atomic E-state index is 0. The number of aliphatic carboxylic acids is 1. The van der Waals surface area contributed by atoms with E-state index in [-0.39, 0.29) is 30.5 Å². The lowest BCUT2D eigenvalue weighted by molar-refractivity contribution is -0.138. The molecule has 4 N–H and O–H groups in total. The Kier molecular flexibility index (Phi) is 10.4. The van der Waals surface area contributed by atoms with Gasteiger partial charge < -0.3 is 15.7 Å². The molecule has 1 saturated heterocycles. The summed E-state index contributed by atoms with van der Waals surface area (Å²) in [5.41, 5.74) is 3.56. The zero-order chi connectivity index (χ0) is 26.3. The van der Waals surface area contributed by atoms with E-state index in [1.54, 1.807) is 54.6 Å². The van der Waals surface area contributed by atoms with E-state index in [1.807, 2.05) is 24.3 Å². The SMILES string of the molecule is Cl.O=C(Nc1ccc(CC(NS(=O)(=O)Cc2ccccc2)C(=O)O)cc1)c1ccc(C2CCNCC2)cc1. The van der Waals surface area contributed by atoms with Crippen LogP contribution in [0, 0.1) is 0 Å². The predicted octanol–water partition coefficient (Wildman–Crippen LogP) is 3.94. The number of sulfonamides is 1. The Labute approximate surface area is 229 Å². The number of hydrogen-bond donors (Lipinski definition) is 4. The molecule has 1 amide bonds. The lowest BCUT2D eigenvalue weighted by Crippen LogP contribution is -2.42. The summed E-state index contributed by atoms with van der Waals surface area (Å²) in [5.74, 6) is -1.28. The first-order chi connectivity index (χ1) is 17.8. The Morgan fingerprint density at radius 3 is 2.13 bits per heavy atom. The molecule has 1 aliphatic rings. The molecule has 8 nitrogen and oxygen atoms in total. The number of anilines is 1. The van der Waals surface area contributed by atoms with Crippen molar-refractivity contribution in [2.45, 2.75) is 37.0 Å². The van der Waals surface area contributed by atoms with Gasteiger partial charge in [-0.05, 0) is 79.2 Å². The molecule has 3 aromatic rings. The van der Waals surface area contributed by atoms with Crippen molar-refractivity contribution >= 4 is 40.0 Å². The molecule has 1 heterocycles. The van der Waals surface area contributed by atoms with Crippen molar-refractivity contribution in [2.24, 2.45) is 0 Å². The number of halogens is 1. The highest BCUT2D eigenvalue weighted by Gasteiger charge is 2.24. The summed E-state index contributed by atoms with van der Waals surface area (Å²) in [5, 5.41) is 15.8. The van der Waals surface area contributed by atoms with Gasteiger partial charge in [0.25, 0.3) is 5.91 Å². The van der Waals surface area contributed by atoms with Crippen LogP contribution in [0.2, 0.25) is 0 Å². The van der Waals surface area contributed by atoms with Gasteiger partial charge in [-0.3, -0.25) is 9.59 Å². The van der Waals surface area contributed by atoms with Gasteiger partial charge in [0.2, 0.25) is 10.0 Å². The molecule has 0 saturated carbocycles. The van der Waals surface area contributed by atoms with E-state index in [1.165, 1.54) is 5.56 Å². The molecule has 4 rings (SSSR count). The third-order valence-corrected chi connectivity index (χ3v) is 7.81. The standard InChI is InChI=1S/C28H31N3O5S.ClH/c32-27(24-10-8-22(9-11-24)23-14-16-29-17-15-23)30-25-12-6-20(7-13-25)18-26(28(33)34)31-37(35,36)19-21-4-2-1-3-5-21;/h1-13,23,26,29,31H,14-19H2,(H,30,32)(H,33,34);1H. The van der Waals surface area contributed by atoms with Crippen molar-refractivity contribution in [3.05, 3.63) is 101 Å². The van der Waals surface area contributed by atoms with Crippen LogP contribution in [-0.4, -0.2) is 44.5 Å². The number of hydrogen-bond acceptors (Lipinski definition) is 5. The van der Waals surface area contributed by atoms with Crippen LogP contribution in [0.25, 0.3) is 0 Å². The Hall–Kier alpha value is -3.24. The summed E-state index contributed by atoms with van der Waals surface area (Å²) in [6.07, 6.45) is 2.15. The highest BCUT2D eigenvalue weighted by molar-refractivity contribution is 7.88. The van der Waals surface area contributed by atoms with E-state index in [4.69, 9.17) is 0 Å². The van der Waals surface area contributed by atoms with E-state index in [0.29, 0.717) is 28.3 Å². The van der Waals surface area contributed by atoms with E-state index < -0.39 is 22.0 Å². The maximum Gasteiger partial charge on any atom is 0.322 e. The quantitative estimate of drug-likeness (QED) is 0.299. The minimum Gasteiger partial charge on any atom is -0.480 e. The Morgan fingerprint density at radius 2 is 1.53 bits per heavy atom. The number of rotatable bonds is 10. The van der Waals surface area contributed by atoms with E-state index in [0.717, 1.165) is 25.9 Å². The van der Waals surface area contributed by atoms with Crippen LogP contribution in [0.4, 0.5) is 5.69 Å². The van der Waals surface area contributed by atoms with Gasteiger partial charge in [-0.25, -0.2) is 13.1 Å². The summed E-state index contributed by atoms with van der Waals surface area (Å²) in [4.78, 5) is 24.4. The molecule has 1 fully saturated rings. The normalized spacial score (nSPS) is 14.7. The van der Waals surface area contributed by atoms with Crippen molar-refractivity contribution in [3.63, 3.8) is 0 Å². The molecule has 0 radical (unpaired) electrons. The topological polar surface area (TPSA) is 125 Å². The molecule has 10 heteroatoms. The second kappa shape index (κ2) is 13.5. The fourth-order valence-electron chi connectivity index (χ4n) is 4.46. The smallest absolute Gasteiger partial charge is 0.322 e. The van der Waals surface area contributed by atoms with Crippen molar-refractivity contribution < 1.29 is 23.1 Å². The highest BCUT2D eigenvalue weighted by atomic mass is 35.5. The number of carbonyl (C=O) groups is 2. The first-order valence-corrected chi connectivity index (χ1v) is 13.9. The number of carboxylic acids is 1. The zero-order valence-electron chi connectivity index (χ0n) is 20.8. The van der Waals surface area contributed by atoms with Crippen LogP contribution in [0.5, 0.6) is 0 Å². The molecular weight excluding hydrogens is 526 g/mol. The maximum absolute atomic E-state index is 12.7. The maximum atomic E-state index is 12.7. The van der Waals surface area contributed by atoms with Crippen LogP contribution in [0.15, 0.2) is 78.9 Å². The van der Waals surface area contributed by atoms with Crippen LogP contribution >= 0.6 is 12.4 Å². The fraction of sp³-hybridized carbons (Fsp3) is 0.286. The third-order valence-electron chi connectivity index (χ3n) is 6.45. The Morgan fingerprint density at radius 1 is 0.895 bits per heavy atom. The summed E-state index contributed by atoms with van der Waals surface area (Å²) in [6, 6.07) is 21.7. The lowest BCUT2D eigenvalue weighted by Gasteiger charge is -2.23. The number of carboxylic acid groups (broad SMARTS) is 1. The first-order valence-electron chi connectivity index (χ1n) is 12.3. The van der Waals surface area contributed by atoms with Gasteiger partial charge in [-0.2, -0.15) is 0 Å². The molecular formula is C28H32ClN3O5S. The number of piperidine rings is 1. The molecule has 0 aromatic heterocycles. The molecule has 0 bridgehead atoms. The molecule has 38 heavy (non-hydrogen) atoms. The monoisotopic (exact) mass is 557 g/mol. The highest BCUT2D eigenvalue weighted by Crippen LogP contribution is 2.25. The molecule has 1 unspecified atom stereocenters. The van der Waals surface area contributed by atoms with E-state index in [9.17, 15) is 23.1 Å². The van der Waals surface area contributed by atoms with Gasteiger partial charge in [0, 0.05) is 11.3 Å². The number of carbonyl (C=O) groups excluding carboxylic acids is 1. The summed E-state index contributed by atoms with van der Waals surface area (Å²) in [6.45, 7) is 2.02. The Bertz CT molecular complexity index is 1310. The van der Waals surface area contributed by atoms with Gasteiger partial charge >= 0.3 is 5.97 Å². The largest absolute Gasteiger partial charge is 0.480 e. The third kappa shape index (κ3) is 8.39. The second-order valence-electron chi connectivity index (χ2n) is 9.25. The van der Waals surface area contributed by atoms with Gasteiger partial charge in [0.1, 0.15) is 6.04 Å². The second-order valence-corrected chi connectivity index (χ2v) is 11.0. The molecule has 0 aliphatic carbocycles. The average Bonchev–Trinajstić information content (AvgIpc) is 2.90. The number of benzene rings is 3. The molecule has 1 aliphatic heterocycles. The summed E-state index contributed by atoms with van der Waals surface area (Å²) in [7, 11) is -3.86. The van der Waals surface area contributed by atoms with Gasteiger partial charge in [-0.15, -0.1) is 12.4 Å². The molecule has 1 atom stereocenters. The van der Waals surface area contributed by atoms with Crippen LogP contribution in [0.3, 0.4) is 0 Å². The molecule has 202 valence electrons. The van der Waals surface area contributed by atoms with Crippen molar-refractivity contribution in [1.82, 2.24) is 10.0 Å². The first kappa shape index (κ1) is 29.3. The average molecular weight is 558 g/mol. The van der Waals surface area contributed by atoms with Crippen molar-refractivity contribution in [1.29, 1.82) is 0 Å². The number of nitrogens with one attached hydrogen (secondary N) is 3. The fourth-order valence-corrected chi connectivity index (χ4v) is 5.79. The minimum atomic E-state index is -3.86. The zero-order valence-corrected chi connectivity index (χ0v) is 22.4. The molecule has 3 aromatic carbocycles. The van der Waals surface area contributed by atoms with E-state index >= 15 is 0 Å². The lowest BCUT2D eigenvalue weighted by atomic mass is 9.90. The van der Waals surface area contributed by atoms with Crippen LogP contribution in [0.1, 0.15) is 45.8 Å².